The topological polar surface area (TPSA) is 95.4 Å². The molecular formula is C17H18N4O3. The van der Waals surface area contributed by atoms with Crippen LogP contribution in [-0.2, 0) is 11.2 Å². The molecule has 24 heavy (non-hydrogen) atoms. The minimum atomic E-state index is -1.11. The summed E-state index contributed by atoms with van der Waals surface area (Å²) in [5, 5.41) is 11.8. The van der Waals surface area contributed by atoms with Crippen LogP contribution in [0.25, 0.3) is 0 Å². The SMILES string of the molecule is O=C(O)c1cnc(NCCCC(=O)N2CCc3ccccc32)cn1. The first-order chi connectivity index (χ1) is 11.6. The van der Waals surface area contributed by atoms with Crippen LogP contribution in [0.2, 0.25) is 0 Å². The van der Waals surface area contributed by atoms with E-state index in [-0.39, 0.29) is 11.6 Å². The fraction of sp³-hybridized carbons (Fsp3) is 0.294. The van der Waals surface area contributed by atoms with Gasteiger partial charge in [-0.05, 0) is 24.5 Å². The number of para-hydroxylation sites is 1. The fourth-order valence-corrected chi connectivity index (χ4v) is 2.72. The Morgan fingerprint density at radius 3 is 2.79 bits per heavy atom. The maximum atomic E-state index is 12.3. The van der Waals surface area contributed by atoms with Crippen LogP contribution in [-0.4, -0.2) is 40.0 Å². The molecule has 0 saturated heterocycles. The predicted molar refractivity (Wildman–Crippen MR) is 89.2 cm³/mol. The molecule has 0 atom stereocenters. The van der Waals surface area contributed by atoms with Crippen LogP contribution in [0.15, 0.2) is 36.7 Å². The first-order valence-corrected chi connectivity index (χ1v) is 7.82. The van der Waals surface area contributed by atoms with Crippen LogP contribution < -0.4 is 10.2 Å². The van der Waals surface area contributed by atoms with E-state index in [4.69, 9.17) is 5.11 Å². The zero-order valence-electron chi connectivity index (χ0n) is 13.1. The van der Waals surface area contributed by atoms with Crippen molar-refractivity contribution in [3.05, 3.63) is 47.9 Å². The average Bonchev–Trinajstić information content (AvgIpc) is 3.03. The van der Waals surface area contributed by atoms with Crippen molar-refractivity contribution >= 4 is 23.4 Å². The third-order valence-electron chi connectivity index (χ3n) is 3.93. The number of anilines is 2. The number of carboxylic acid groups (broad SMARTS) is 1. The largest absolute Gasteiger partial charge is 0.476 e. The van der Waals surface area contributed by atoms with E-state index in [0.717, 1.165) is 18.7 Å². The lowest BCUT2D eigenvalue weighted by atomic mass is 10.2. The number of aromatic nitrogens is 2. The van der Waals surface area contributed by atoms with Crippen LogP contribution in [0.1, 0.15) is 28.9 Å². The standard InChI is InChI=1S/C17H18N4O3/c22-16(21-9-7-12-4-1-2-5-14(12)21)6-3-8-18-15-11-19-13(10-20-15)17(23)24/h1-2,4-5,10-11H,3,6-9H2,(H,18,20)(H,23,24). The molecule has 2 aromatic rings. The Morgan fingerprint density at radius 2 is 2.04 bits per heavy atom. The van der Waals surface area contributed by atoms with Gasteiger partial charge in [0.05, 0.1) is 12.4 Å². The molecule has 3 rings (SSSR count). The maximum absolute atomic E-state index is 12.3. The molecule has 0 radical (unpaired) electrons. The molecule has 124 valence electrons. The molecular weight excluding hydrogens is 308 g/mol. The third-order valence-corrected chi connectivity index (χ3v) is 3.93. The van der Waals surface area contributed by atoms with Gasteiger partial charge in [0.25, 0.3) is 0 Å². The van der Waals surface area contributed by atoms with Gasteiger partial charge in [0.15, 0.2) is 5.69 Å². The van der Waals surface area contributed by atoms with Crippen molar-refractivity contribution in [2.45, 2.75) is 19.3 Å². The Labute approximate surface area is 139 Å². The smallest absolute Gasteiger partial charge is 0.356 e. The molecule has 0 aliphatic carbocycles. The van der Waals surface area contributed by atoms with Gasteiger partial charge in [0, 0.05) is 25.2 Å². The van der Waals surface area contributed by atoms with Crippen LogP contribution in [0.5, 0.6) is 0 Å². The molecule has 1 aromatic heterocycles. The Kier molecular flexibility index (Phi) is 4.69. The van der Waals surface area contributed by atoms with Gasteiger partial charge >= 0.3 is 5.97 Å². The van der Waals surface area contributed by atoms with Gasteiger partial charge < -0.3 is 15.3 Å². The van der Waals surface area contributed by atoms with Gasteiger partial charge in [-0.3, -0.25) is 4.79 Å². The Balaban J connectivity index is 1.45. The summed E-state index contributed by atoms with van der Waals surface area (Å²) in [5.74, 6) is -0.487. The quantitative estimate of drug-likeness (QED) is 0.788. The lowest BCUT2D eigenvalue weighted by Gasteiger charge is -2.17. The van der Waals surface area contributed by atoms with E-state index in [1.54, 1.807) is 0 Å². The van der Waals surface area contributed by atoms with Gasteiger partial charge in [-0.2, -0.15) is 0 Å². The zero-order chi connectivity index (χ0) is 16.9. The summed E-state index contributed by atoms with van der Waals surface area (Å²) in [7, 11) is 0. The van der Waals surface area contributed by atoms with Crippen molar-refractivity contribution in [1.29, 1.82) is 0 Å². The van der Waals surface area contributed by atoms with E-state index in [2.05, 4.69) is 21.4 Å². The highest BCUT2D eigenvalue weighted by Gasteiger charge is 2.23. The van der Waals surface area contributed by atoms with E-state index in [1.807, 2.05) is 23.1 Å². The number of aromatic carboxylic acids is 1. The number of carboxylic acids is 1. The van der Waals surface area contributed by atoms with E-state index in [0.29, 0.717) is 25.2 Å². The lowest BCUT2D eigenvalue weighted by Crippen LogP contribution is -2.29. The Hall–Kier alpha value is -2.96. The van der Waals surface area contributed by atoms with Crippen molar-refractivity contribution in [3.8, 4) is 0 Å². The van der Waals surface area contributed by atoms with Gasteiger partial charge in [-0.25, -0.2) is 14.8 Å². The van der Waals surface area contributed by atoms with Gasteiger partial charge in [0.2, 0.25) is 5.91 Å². The Morgan fingerprint density at radius 1 is 1.21 bits per heavy atom. The lowest BCUT2D eigenvalue weighted by molar-refractivity contribution is -0.118. The average molecular weight is 326 g/mol. The highest BCUT2D eigenvalue weighted by Crippen LogP contribution is 2.27. The number of nitrogens with zero attached hydrogens (tertiary/aromatic N) is 3. The molecule has 0 unspecified atom stereocenters. The molecule has 1 aliphatic heterocycles. The van der Waals surface area contributed by atoms with Crippen LogP contribution in [0.3, 0.4) is 0 Å². The van der Waals surface area contributed by atoms with E-state index in [9.17, 15) is 9.59 Å². The number of carbonyl (C=O) groups is 2. The molecule has 2 heterocycles. The molecule has 7 heteroatoms. The number of rotatable bonds is 6. The van der Waals surface area contributed by atoms with Gasteiger partial charge in [0.1, 0.15) is 5.82 Å². The minimum absolute atomic E-state index is 0.0940. The summed E-state index contributed by atoms with van der Waals surface area (Å²) >= 11 is 0. The van der Waals surface area contributed by atoms with Crippen LogP contribution >= 0.6 is 0 Å². The normalized spacial score (nSPS) is 12.8. The summed E-state index contributed by atoms with van der Waals surface area (Å²) in [6.45, 7) is 1.32. The molecule has 0 saturated carbocycles. The second-order valence-electron chi connectivity index (χ2n) is 5.55. The second-order valence-corrected chi connectivity index (χ2v) is 5.55. The van der Waals surface area contributed by atoms with Crippen molar-refractivity contribution in [3.63, 3.8) is 0 Å². The van der Waals surface area contributed by atoms with Crippen molar-refractivity contribution in [2.24, 2.45) is 0 Å². The van der Waals surface area contributed by atoms with Gasteiger partial charge in [-0.15, -0.1) is 0 Å². The maximum Gasteiger partial charge on any atom is 0.356 e. The molecule has 0 bridgehead atoms. The number of hydrogen-bond acceptors (Lipinski definition) is 5. The zero-order valence-corrected chi connectivity index (χ0v) is 13.1. The van der Waals surface area contributed by atoms with Crippen molar-refractivity contribution in [2.75, 3.05) is 23.3 Å². The van der Waals surface area contributed by atoms with Crippen molar-refractivity contribution in [1.82, 2.24) is 9.97 Å². The monoisotopic (exact) mass is 326 g/mol. The number of fused-ring (bicyclic) bond motifs is 1. The highest BCUT2D eigenvalue weighted by molar-refractivity contribution is 5.95. The molecule has 0 spiro atoms. The number of nitrogens with one attached hydrogen (secondary N) is 1. The number of benzene rings is 1. The van der Waals surface area contributed by atoms with Crippen LogP contribution in [0, 0.1) is 0 Å². The summed E-state index contributed by atoms with van der Waals surface area (Å²) in [6, 6.07) is 7.99. The highest BCUT2D eigenvalue weighted by atomic mass is 16.4. The van der Waals surface area contributed by atoms with Crippen LogP contribution in [0.4, 0.5) is 11.5 Å². The summed E-state index contributed by atoms with van der Waals surface area (Å²) < 4.78 is 0. The third kappa shape index (κ3) is 3.51. The van der Waals surface area contributed by atoms with E-state index < -0.39 is 5.97 Å². The van der Waals surface area contributed by atoms with E-state index >= 15 is 0 Å². The molecule has 1 aromatic carbocycles. The molecule has 1 amide bonds. The number of hydrogen-bond donors (Lipinski definition) is 2. The number of amides is 1. The fourth-order valence-electron chi connectivity index (χ4n) is 2.72. The molecule has 7 nitrogen and oxygen atoms in total. The van der Waals surface area contributed by atoms with E-state index in [1.165, 1.54) is 18.0 Å². The summed E-state index contributed by atoms with van der Waals surface area (Å²) in [4.78, 5) is 32.6. The summed E-state index contributed by atoms with van der Waals surface area (Å²) in [6.07, 6.45) is 4.60. The predicted octanol–water partition coefficient (Wildman–Crippen LogP) is 1.96. The molecule has 1 aliphatic rings. The number of carbonyl (C=O) groups excluding carboxylic acids is 1. The van der Waals surface area contributed by atoms with Crippen molar-refractivity contribution < 1.29 is 14.7 Å². The first-order valence-electron chi connectivity index (χ1n) is 7.82. The molecule has 2 N–H and O–H groups in total. The first kappa shape index (κ1) is 15.9. The van der Waals surface area contributed by atoms with Gasteiger partial charge in [-0.1, -0.05) is 18.2 Å². The second kappa shape index (κ2) is 7.08. The minimum Gasteiger partial charge on any atom is -0.476 e. The summed E-state index contributed by atoms with van der Waals surface area (Å²) in [5.41, 5.74) is 2.15. The molecule has 0 fully saturated rings. The Bertz CT molecular complexity index is 746.